The average Bonchev–Trinajstić information content (AvgIpc) is 2.78. The number of carbonyl (C=O) groups excluding carboxylic acids is 1. The molecule has 0 spiro atoms. The number of amides is 1. The molecule has 2 N–H and O–H groups in total. The van der Waals surface area contributed by atoms with Gasteiger partial charge in [-0.15, -0.1) is 0 Å². The van der Waals surface area contributed by atoms with E-state index in [1.165, 1.54) is 6.20 Å². The first-order valence-electron chi connectivity index (χ1n) is 5.38. The van der Waals surface area contributed by atoms with Gasteiger partial charge in [-0.05, 0) is 12.8 Å². The lowest BCUT2D eigenvalue weighted by Gasteiger charge is -2.18. The Hall–Kier alpha value is -1.56. The first kappa shape index (κ1) is 11.9. The summed E-state index contributed by atoms with van der Waals surface area (Å²) in [5, 5.41) is 4.00. The number of carbonyl (C=O) groups is 1. The predicted molar refractivity (Wildman–Crippen MR) is 64.1 cm³/mol. The highest BCUT2D eigenvalue weighted by Crippen LogP contribution is 2.24. The number of nitrogens with two attached hydrogens (primary N) is 1. The standard InChI is InChI=1S/C10H13ClN4O2/c11-9-7(14-3-1-2-4-14)5-13-15(10(9)17)6-8(12)16/h5H,1-4,6H2,(H2,12,16). The van der Waals surface area contributed by atoms with Gasteiger partial charge in [-0.1, -0.05) is 11.6 Å². The van der Waals surface area contributed by atoms with Gasteiger partial charge in [0.05, 0.1) is 11.9 Å². The zero-order valence-corrected chi connectivity index (χ0v) is 9.98. The second kappa shape index (κ2) is 4.75. The quantitative estimate of drug-likeness (QED) is 0.824. The number of primary amides is 1. The molecule has 0 bridgehead atoms. The fourth-order valence-electron chi connectivity index (χ4n) is 1.90. The van der Waals surface area contributed by atoms with Gasteiger partial charge in [0.2, 0.25) is 5.91 Å². The Labute approximate surface area is 103 Å². The van der Waals surface area contributed by atoms with Crippen LogP contribution in [-0.2, 0) is 11.3 Å². The number of anilines is 1. The largest absolute Gasteiger partial charge is 0.369 e. The highest BCUT2D eigenvalue weighted by atomic mass is 35.5. The van der Waals surface area contributed by atoms with E-state index < -0.39 is 11.5 Å². The minimum Gasteiger partial charge on any atom is -0.369 e. The molecule has 1 aliphatic rings. The summed E-state index contributed by atoms with van der Waals surface area (Å²) in [4.78, 5) is 24.6. The van der Waals surface area contributed by atoms with Gasteiger partial charge in [-0.3, -0.25) is 9.59 Å². The molecule has 0 radical (unpaired) electrons. The van der Waals surface area contributed by atoms with Crippen molar-refractivity contribution in [1.82, 2.24) is 9.78 Å². The Morgan fingerprint density at radius 2 is 2.12 bits per heavy atom. The van der Waals surface area contributed by atoms with E-state index >= 15 is 0 Å². The van der Waals surface area contributed by atoms with Crippen LogP contribution in [0.4, 0.5) is 5.69 Å². The topological polar surface area (TPSA) is 81.2 Å². The molecule has 0 unspecified atom stereocenters. The van der Waals surface area contributed by atoms with Gasteiger partial charge in [-0.2, -0.15) is 5.10 Å². The zero-order valence-electron chi connectivity index (χ0n) is 9.23. The monoisotopic (exact) mass is 256 g/mol. The Balaban J connectivity index is 2.35. The third kappa shape index (κ3) is 2.41. The van der Waals surface area contributed by atoms with Gasteiger partial charge in [0, 0.05) is 13.1 Å². The molecule has 1 saturated heterocycles. The molecular formula is C10H13ClN4O2. The molecular weight excluding hydrogens is 244 g/mol. The molecule has 2 heterocycles. The number of rotatable bonds is 3. The molecule has 0 atom stereocenters. The van der Waals surface area contributed by atoms with Gasteiger partial charge in [0.1, 0.15) is 11.6 Å². The fourth-order valence-corrected chi connectivity index (χ4v) is 2.16. The van der Waals surface area contributed by atoms with Crippen LogP contribution in [0.25, 0.3) is 0 Å². The molecule has 1 amide bonds. The number of hydrogen-bond acceptors (Lipinski definition) is 4. The van der Waals surface area contributed by atoms with Crippen molar-refractivity contribution in [3.05, 3.63) is 21.6 Å². The average molecular weight is 257 g/mol. The molecule has 0 aliphatic carbocycles. The highest BCUT2D eigenvalue weighted by molar-refractivity contribution is 6.33. The third-order valence-electron chi connectivity index (χ3n) is 2.72. The summed E-state index contributed by atoms with van der Waals surface area (Å²) in [7, 11) is 0. The van der Waals surface area contributed by atoms with Crippen LogP contribution in [0, 0.1) is 0 Å². The Morgan fingerprint density at radius 1 is 1.47 bits per heavy atom. The lowest BCUT2D eigenvalue weighted by atomic mass is 10.4. The fraction of sp³-hybridized carbons (Fsp3) is 0.500. The van der Waals surface area contributed by atoms with E-state index in [1.54, 1.807) is 0 Å². The van der Waals surface area contributed by atoms with Gasteiger partial charge in [-0.25, -0.2) is 4.68 Å². The summed E-state index contributed by atoms with van der Waals surface area (Å²) in [5.74, 6) is -0.621. The second-order valence-electron chi connectivity index (χ2n) is 3.97. The van der Waals surface area contributed by atoms with Gasteiger partial charge >= 0.3 is 0 Å². The van der Waals surface area contributed by atoms with Gasteiger partial charge < -0.3 is 10.6 Å². The van der Waals surface area contributed by atoms with Crippen LogP contribution < -0.4 is 16.2 Å². The first-order chi connectivity index (χ1) is 8.09. The highest BCUT2D eigenvalue weighted by Gasteiger charge is 2.18. The maximum absolute atomic E-state index is 11.8. The van der Waals surface area contributed by atoms with Crippen molar-refractivity contribution in [2.75, 3.05) is 18.0 Å². The van der Waals surface area contributed by atoms with Crippen LogP contribution in [0.15, 0.2) is 11.0 Å². The van der Waals surface area contributed by atoms with Crippen LogP contribution in [0.3, 0.4) is 0 Å². The summed E-state index contributed by atoms with van der Waals surface area (Å²) in [6.45, 7) is 1.50. The van der Waals surface area contributed by atoms with E-state index in [0.717, 1.165) is 30.6 Å². The van der Waals surface area contributed by atoms with Crippen LogP contribution in [0.1, 0.15) is 12.8 Å². The summed E-state index contributed by atoms with van der Waals surface area (Å²) < 4.78 is 0.976. The van der Waals surface area contributed by atoms with Crippen molar-refractivity contribution >= 4 is 23.2 Å². The van der Waals surface area contributed by atoms with Crippen molar-refractivity contribution < 1.29 is 4.79 Å². The van der Waals surface area contributed by atoms with Crippen molar-refractivity contribution in [3.8, 4) is 0 Å². The molecule has 1 aromatic rings. The molecule has 2 rings (SSSR count). The first-order valence-corrected chi connectivity index (χ1v) is 5.76. The Kier molecular flexibility index (Phi) is 3.33. The van der Waals surface area contributed by atoms with Crippen LogP contribution in [-0.4, -0.2) is 28.8 Å². The molecule has 1 aromatic heterocycles. The van der Waals surface area contributed by atoms with Crippen molar-refractivity contribution in [3.63, 3.8) is 0 Å². The van der Waals surface area contributed by atoms with Gasteiger partial charge in [0.15, 0.2) is 0 Å². The molecule has 92 valence electrons. The maximum Gasteiger partial charge on any atom is 0.288 e. The maximum atomic E-state index is 11.8. The van der Waals surface area contributed by atoms with Crippen molar-refractivity contribution in [1.29, 1.82) is 0 Å². The van der Waals surface area contributed by atoms with Crippen LogP contribution >= 0.6 is 11.6 Å². The molecule has 0 aromatic carbocycles. The van der Waals surface area contributed by atoms with Crippen molar-refractivity contribution in [2.24, 2.45) is 5.73 Å². The Bertz CT molecular complexity index is 494. The Morgan fingerprint density at radius 3 is 2.71 bits per heavy atom. The van der Waals surface area contributed by atoms with Gasteiger partial charge in [0.25, 0.3) is 5.56 Å². The normalized spacial score (nSPS) is 15.2. The predicted octanol–water partition coefficient (Wildman–Crippen LogP) is -0.0178. The van der Waals surface area contributed by atoms with E-state index in [9.17, 15) is 9.59 Å². The lowest BCUT2D eigenvalue weighted by Crippen LogP contribution is -2.32. The zero-order chi connectivity index (χ0) is 12.4. The summed E-state index contributed by atoms with van der Waals surface area (Å²) in [6.07, 6.45) is 3.68. The third-order valence-corrected chi connectivity index (χ3v) is 3.07. The molecule has 7 heteroatoms. The number of aromatic nitrogens is 2. The SMILES string of the molecule is NC(=O)Cn1ncc(N2CCCC2)c(Cl)c1=O. The number of hydrogen-bond donors (Lipinski definition) is 1. The number of halogens is 1. The smallest absolute Gasteiger partial charge is 0.288 e. The summed E-state index contributed by atoms with van der Waals surface area (Å²) in [5.41, 5.74) is 5.17. The van der Waals surface area contributed by atoms with E-state index in [2.05, 4.69) is 5.10 Å². The minimum atomic E-state index is -0.621. The lowest BCUT2D eigenvalue weighted by molar-refractivity contribution is -0.118. The molecule has 1 fully saturated rings. The van der Waals surface area contributed by atoms with E-state index in [1.807, 2.05) is 4.90 Å². The van der Waals surface area contributed by atoms with E-state index in [4.69, 9.17) is 17.3 Å². The minimum absolute atomic E-state index is 0.100. The summed E-state index contributed by atoms with van der Waals surface area (Å²) in [6, 6.07) is 0. The molecule has 0 saturated carbocycles. The van der Waals surface area contributed by atoms with Crippen molar-refractivity contribution in [2.45, 2.75) is 19.4 Å². The number of nitrogens with zero attached hydrogens (tertiary/aromatic N) is 3. The molecule has 1 aliphatic heterocycles. The van der Waals surface area contributed by atoms with Crippen LogP contribution in [0.2, 0.25) is 5.02 Å². The van der Waals surface area contributed by atoms with Crippen LogP contribution in [0.5, 0.6) is 0 Å². The van der Waals surface area contributed by atoms with E-state index in [-0.39, 0.29) is 11.6 Å². The summed E-state index contributed by atoms with van der Waals surface area (Å²) >= 11 is 5.99. The molecule has 17 heavy (non-hydrogen) atoms. The van der Waals surface area contributed by atoms with E-state index in [0.29, 0.717) is 5.69 Å². The molecule has 6 nitrogen and oxygen atoms in total. The second-order valence-corrected chi connectivity index (χ2v) is 4.35.